The number of benzene rings is 1. The zero-order valence-corrected chi connectivity index (χ0v) is 14.8. The number of hydrogen-bond donors (Lipinski definition) is 0. The van der Waals surface area contributed by atoms with Gasteiger partial charge in [-0.3, -0.25) is 4.90 Å². The van der Waals surface area contributed by atoms with E-state index in [0.29, 0.717) is 23.1 Å². The Labute approximate surface area is 146 Å². The van der Waals surface area contributed by atoms with Crippen molar-refractivity contribution >= 4 is 12.2 Å². The van der Waals surface area contributed by atoms with Gasteiger partial charge >= 0.3 is 0 Å². The number of ether oxygens (including phenoxy) is 1. The van der Waals surface area contributed by atoms with Crippen molar-refractivity contribution in [3.8, 4) is 5.75 Å². The van der Waals surface area contributed by atoms with Crippen molar-refractivity contribution in [2.24, 2.45) is 5.92 Å². The van der Waals surface area contributed by atoms with Gasteiger partial charge in [-0.05, 0) is 62.2 Å². The van der Waals surface area contributed by atoms with E-state index in [2.05, 4.69) is 16.9 Å². The van der Waals surface area contributed by atoms with E-state index in [1.807, 2.05) is 6.92 Å². The average Bonchev–Trinajstić information content (AvgIpc) is 2.93. The largest absolute Gasteiger partial charge is 0.481 e. The van der Waals surface area contributed by atoms with E-state index in [4.69, 9.17) is 21.4 Å². The zero-order valence-electron chi connectivity index (χ0n) is 13.9. The SMILES string of the molecule is CC1CCN(Cn2nc([C@@H](C)Oc3ccc(F)cc3)oc2=S)CC1. The van der Waals surface area contributed by atoms with Crippen LogP contribution >= 0.6 is 12.2 Å². The zero-order chi connectivity index (χ0) is 17.1. The molecule has 1 fully saturated rings. The van der Waals surface area contributed by atoms with Gasteiger partial charge in [0.25, 0.3) is 10.7 Å². The molecule has 3 rings (SSSR count). The molecule has 0 bridgehead atoms. The molecule has 0 aliphatic carbocycles. The van der Waals surface area contributed by atoms with Gasteiger partial charge in [0.05, 0.1) is 6.67 Å². The average molecular weight is 351 g/mol. The lowest BCUT2D eigenvalue weighted by Gasteiger charge is -2.29. The molecule has 5 nitrogen and oxygen atoms in total. The van der Waals surface area contributed by atoms with Crippen LogP contribution in [0.1, 0.15) is 38.7 Å². The maximum atomic E-state index is 12.9. The fraction of sp³-hybridized carbons (Fsp3) is 0.529. The van der Waals surface area contributed by atoms with Crippen molar-refractivity contribution in [1.82, 2.24) is 14.7 Å². The molecule has 0 saturated carbocycles. The number of piperidine rings is 1. The monoisotopic (exact) mass is 351 g/mol. The van der Waals surface area contributed by atoms with Gasteiger partial charge in [-0.1, -0.05) is 6.92 Å². The third-order valence-corrected chi connectivity index (χ3v) is 4.60. The minimum absolute atomic E-state index is 0.298. The second-order valence-corrected chi connectivity index (χ2v) is 6.71. The number of aromatic nitrogens is 2. The predicted octanol–water partition coefficient (Wildman–Crippen LogP) is 4.17. The van der Waals surface area contributed by atoms with Crippen molar-refractivity contribution < 1.29 is 13.5 Å². The highest BCUT2D eigenvalue weighted by Gasteiger charge is 2.19. The van der Waals surface area contributed by atoms with Crippen LogP contribution in [0.5, 0.6) is 5.75 Å². The number of halogens is 1. The molecule has 2 heterocycles. The fourth-order valence-electron chi connectivity index (χ4n) is 2.74. The number of likely N-dealkylation sites (tertiary alicyclic amines) is 1. The van der Waals surface area contributed by atoms with E-state index in [1.54, 1.807) is 16.8 Å². The molecule has 1 aromatic heterocycles. The summed E-state index contributed by atoms with van der Waals surface area (Å²) in [5.41, 5.74) is 0. The van der Waals surface area contributed by atoms with Crippen LogP contribution in [-0.4, -0.2) is 27.8 Å². The topological polar surface area (TPSA) is 43.4 Å². The van der Waals surface area contributed by atoms with Crippen LogP contribution in [0.4, 0.5) is 4.39 Å². The maximum absolute atomic E-state index is 12.9. The first-order valence-corrected chi connectivity index (χ1v) is 8.64. The highest BCUT2D eigenvalue weighted by atomic mass is 32.1. The van der Waals surface area contributed by atoms with Gasteiger partial charge in [0, 0.05) is 13.1 Å². The van der Waals surface area contributed by atoms with Crippen molar-refractivity contribution in [2.45, 2.75) is 39.5 Å². The normalized spacial score (nSPS) is 17.8. The van der Waals surface area contributed by atoms with Crippen LogP contribution in [0.15, 0.2) is 28.7 Å². The highest BCUT2D eigenvalue weighted by Crippen LogP contribution is 2.22. The van der Waals surface area contributed by atoms with E-state index in [1.165, 1.54) is 25.0 Å². The van der Waals surface area contributed by atoms with Gasteiger partial charge in [-0.2, -0.15) is 0 Å². The first-order valence-electron chi connectivity index (χ1n) is 8.23. The highest BCUT2D eigenvalue weighted by molar-refractivity contribution is 7.71. The van der Waals surface area contributed by atoms with Gasteiger partial charge in [0.1, 0.15) is 11.6 Å². The summed E-state index contributed by atoms with van der Waals surface area (Å²) in [6, 6.07) is 5.86. The van der Waals surface area contributed by atoms with Crippen LogP contribution in [0.3, 0.4) is 0 Å². The lowest BCUT2D eigenvalue weighted by molar-refractivity contribution is 0.144. The molecule has 0 radical (unpaired) electrons. The summed E-state index contributed by atoms with van der Waals surface area (Å²) in [7, 11) is 0. The first-order chi connectivity index (χ1) is 11.5. The van der Waals surface area contributed by atoms with Crippen molar-refractivity contribution in [3.63, 3.8) is 0 Å². The fourth-order valence-corrected chi connectivity index (χ4v) is 2.92. The summed E-state index contributed by atoms with van der Waals surface area (Å²) >= 11 is 5.27. The van der Waals surface area contributed by atoms with E-state index in [-0.39, 0.29) is 5.82 Å². The van der Waals surface area contributed by atoms with Crippen LogP contribution < -0.4 is 4.74 Å². The molecule has 1 aromatic carbocycles. The molecule has 0 unspecified atom stereocenters. The molecule has 7 heteroatoms. The molecule has 24 heavy (non-hydrogen) atoms. The Bertz CT molecular complexity index is 720. The Hall–Kier alpha value is -1.73. The van der Waals surface area contributed by atoms with Crippen molar-refractivity contribution in [3.05, 3.63) is 40.8 Å². The summed E-state index contributed by atoms with van der Waals surface area (Å²) in [6.07, 6.45) is 1.99. The predicted molar refractivity (Wildman–Crippen MR) is 90.7 cm³/mol. The van der Waals surface area contributed by atoms with Gasteiger partial charge in [0.15, 0.2) is 6.10 Å². The summed E-state index contributed by atoms with van der Waals surface area (Å²) in [6.45, 7) is 6.85. The molecule has 0 N–H and O–H groups in total. The Morgan fingerprint density at radius 3 is 2.67 bits per heavy atom. The van der Waals surface area contributed by atoms with Crippen LogP contribution in [0, 0.1) is 16.6 Å². The van der Waals surface area contributed by atoms with Gasteiger partial charge < -0.3 is 9.15 Å². The number of hydrogen-bond acceptors (Lipinski definition) is 5. The van der Waals surface area contributed by atoms with Crippen LogP contribution in [-0.2, 0) is 6.67 Å². The number of nitrogens with zero attached hydrogens (tertiary/aromatic N) is 3. The molecule has 1 atom stereocenters. The number of rotatable bonds is 5. The lowest BCUT2D eigenvalue weighted by atomic mass is 10.00. The van der Waals surface area contributed by atoms with Crippen LogP contribution in [0.2, 0.25) is 0 Å². The molecule has 0 spiro atoms. The van der Waals surface area contributed by atoms with Gasteiger partial charge in [-0.25, -0.2) is 9.07 Å². The molecule has 1 saturated heterocycles. The molecule has 2 aromatic rings. The van der Waals surface area contributed by atoms with E-state index < -0.39 is 6.10 Å². The van der Waals surface area contributed by atoms with E-state index in [9.17, 15) is 4.39 Å². The quantitative estimate of drug-likeness (QED) is 0.756. The summed E-state index contributed by atoms with van der Waals surface area (Å²) in [5.74, 6) is 1.47. The van der Waals surface area contributed by atoms with Crippen molar-refractivity contribution in [1.29, 1.82) is 0 Å². The minimum Gasteiger partial charge on any atom is -0.481 e. The third-order valence-electron chi connectivity index (χ3n) is 4.31. The van der Waals surface area contributed by atoms with Crippen molar-refractivity contribution in [2.75, 3.05) is 13.1 Å². The Morgan fingerprint density at radius 2 is 2.00 bits per heavy atom. The molecule has 0 amide bonds. The summed E-state index contributed by atoms with van der Waals surface area (Å²) in [4.78, 5) is 2.67. The molecular weight excluding hydrogens is 329 g/mol. The van der Waals surface area contributed by atoms with Crippen LogP contribution in [0.25, 0.3) is 0 Å². The molecule has 1 aliphatic rings. The third kappa shape index (κ3) is 4.21. The van der Waals surface area contributed by atoms with Gasteiger partial charge in [0.2, 0.25) is 0 Å². The van der Waals surface area contributed by atoms with Gasteiger partial charge in [-0.15, -0.1) is 5.10 Å². The molecular formula is C17H22FN3O2S. The maximum Gasteiger partial charge on any atom is 0.288 e. The molecule has 1 aliphatic heterocycles. The summed E-state index contributed by atoms with van der Waals surface area (Å²) < 4.78 is 25.9. The standard InChI is InChI=1S/C17H22FN3O2S/c1-12-7-9-20(10-8-12)11-21-17(24)23-16(19-21)13(2)22-15-5-3-14(18)4-6-15/h3-6,12-13H,7-11H2,1-2H3/t13-/m1/s1. The van der Waals surface area contributed by atoms with E-state index >= 15 is 0 Å². The second-order valence-electron chi connectivity index (χ2n) is 6.36. The molecule has 130 valence electrons. The summed E-state index contributed by atoms with van der Waals surface area (Å²) in [5, 5.41) is 4.44. The lowest BCUT2D eigenvalue weighted by Crippen LogP contribution is -2.34. The second kappa shape index (κ2) is 7.44. The van der Waals surface area contributed by atoms with E-state index in [0.717, 1.165) is 19.0 Å². The Balaban J connectivity index is 1.64. The Kier molecular flexibility index (Phi) is 5.30. The Morgan fingerprint density at radius 1 is 1.33 bits per heavy atom. The smallest absolute Gasteiger partial charge is 0.288 e. The first kappa shape index (κ1) is 17.1. The minimum atomic E-state index is -0.403.